The number of phenols is 1. The van der Waals surface area contributed by atoms with Gasteiger partial charge in [0.2, 0.25) is 23.6 Å². The van der Waals surface area contributed by atoms with Gasteiger partial charge >= 0.3 is 29.8 Å². The van der Waals surface area contributed by atoms with E-state index in [0.29, 0.717) is 76.3 Å². The Morgan fingerprint density at radius 3 is 1.40 bits per heavy atom. The first-order chi connectivity index (χ1) is 49.6. The van der Waals surface area contributed by atoms with Crippen LogP contribution in [0.1, 0.15) is 277 Å². The molecule has 0 saturated heterocycles. The van der Waals surface area contributed by atoms with Crippen LogP contribution in [0.4, 0.5) is 0 Å². The Kier molecular flexibility index (Phi) is 48.6. The Hall–Kier alpha value is -7.81. The lowest BCUT2D eigenvalue weighted by Gasteiger charge is -2.28. The number of aromatic hydroxyl groups is 1. The molecule has 0 heterocycles. The zero-order valence-electron chi connectivity index (χ0n) is 61.9. The molecule has 4 amide bonds. The van der Waals surface area contributed by atoms with E-state index in [2.05, 4.69) is 31.9 Å². The number of carbonyl (C=O) groups excluding carboxylic acids is 10. The molecule has 7 atom stereocenters. The second-order valence-electron chi connectivity index (χ2n) is 28.3. The van der Waals surface area contributed by atoms with Crippen molar-refractivity contribution in [2.45, 2.75) is 302 Å². The van der Waals surface area contributed by atoms with E-state index in [-0.39, 0.29) is 111 Å². The van der Waals surface area contributed by atoms with Crippen molar-refractivity contribution in [3.63, 3.8) is 0 Å². The molecule has 0 aliphatic heterocycles. The van der Waals surface area contributed by atoms with Crippen LogP contribution in [0.15, 0.2) is 24.3 Å². The summed E-state index contributed by atoms with van der Waals surface area (Å²) >= 11 is 0. The first-order valence-corrected chi connectivity index (χ1v) is 38.2. The SMILES string of the molecule is CCCC[C@H](NCC(=O)[C@@H](Cc1ccc(O)cc1)NC(C)=O)C(=O)CN[C@@H](CCCCNC(=O)CC[C@H](CC(=O)C[C@H](CC(=O)CC[C@H](NC(=O)CC[C@H](CC(=O)C1CCC(CNC(=O)CCCCCCCCCCCCCCCCCCC(=O)O)CC1)C(=O)O)C(=O)O)C(=O)O)C(=O)O)C(=O)CC. The highest BCUT2D eigenvalue weighted by Gasteiger charge is 2.33. The Bertz CT molecular complexity index is 2860. The molecule has 0 radical (unpaired) electrons. The van der Waals surface area contributed by atoms with Gasteiger partial charge in [0.25, 0.3) is 0 Å². The molecule has 27 nitrogen and oxygen atoms in total. The average molecular weight is 1470 g/mol. The zero-order valence-corrected chi connectivity index (χ0v) is 61.9. The number of aliphatic carboxylic acids is 5. The molecule has 0 unspecified atom stereocenters. The zero-order chi connectivity index (χ0) is 77.2. The molecule has 1 aromatic rings. The summed E-state index contributed by atoms with van der Waals surface area (Å²) in [4.78, 5) is 189. The number of carboxylic acids is 5. The number of Topliss-reactive ketones (excluding diaryl/α,β-unsaturated/α-hetero) is 6. The number of amides is 4. The number of hydrogen-bond acceptors (Lipinski definition) is 18. The van der Waals surface area contributed by atoms with Gasteiger partial charge in [-0.3, -0.25) is 67.1 Å². The summed E-state index contributed by atoms with van der Waals surface area (Å²) in [5.41, 5.74) is 0.707. The van der Waals surface area contributed by atoms with Gasteiger partial charge in [-0.25, -0.2) is 4.79 Å². The lowest BCUT2D eigenvalue weighted by atomic mass is 9.78. The Balaban J connectivity index is 1.71. The molecule has 0 bridgehead atoms. The summed E-state index contributed by atoms with van der Waals surface area (Å²) in [6, 6.07) is 2.29. The highest BCUT2D eigenvalue weighted by Crippen LogP contribution is 2.32. The van der Waals surface area contributed by atoms with E-state index in [0.717, 1.165) is 51.4 Å². The number of carboxylic acid groups (broad SMARTS) is 5. The first kappa shape index (κ1) is 92.3. The number of phenolic OH excluding ortho intramolecular Hbond substituents is 1. The monoisotopic (exact) mass is 1470 g/mol. The molecule has 12 N–H and O–H groups in total. The number of hydrogen-bond donors (Lipinski definition) is 12. The molecule has 0 spiro atoms. The standard InChI is InChI=1S/C77H122N6O21/c1-4-6-25-63(80-51-69(91)65(82-52(3)84)44-53-31-37-59(85)38-32-53)68(90)50-79-62(66(88)5-2)26-23-24-43-78-71(93)41-35-56(74(97)98)45-61(87)47-58(76(101)102)46-60(86)39-40-64(77(103)104)83-72(94)42-36-57(75(99)100)48-67(89)55-33-29-54(30-34-55)49-81-70(92)27-21-19-17-15-13-11-9-7-8-10-12-14-16-18-20-22-28-73(95)96/h31-32,37-38,54-58,62-65,79-80,85H,4-30,33-36,39-51H2,1-3H3,(H,78,93)(H,81,92)(H,82,84)(H,83,94)(H,95,96)(H,97,98)(H,99,100)(H,101,102)(H,103,104)/t54?,55?,56-,57-,58+,62+,63+,64+,65-/m1/s1. The van der Waals surface area contributed by atoms with E-state index in [1.165, 1.54) is 76.8 Å². The van der Waals surface area contributed by atoms with Gasteiger partial charge in [0.1, 0.15) is 34.9 Å². The highest BCUT2D eigenvalue weighted by atomic mass is 16.4. The van der Waals surface area contributed by atoms with Gasteiger partial charge in [0.05, 0.1) is 49.0 Å². The normalized spacial score (nSPS) is 15.5. The van der Waals surface area contributed by atoms with Gasteiger partial charge < -0.3 is 62.5 Å². The maximum Gasteiger partial charge on any atom is 0.326 e. The molecule has 104 heavy (non-hydrogen) atoms. The van der Waals surface area contributed by atoms with Gasteiger partial charge in [0.15, 0.2) is 11.6 Å². The number of carbonyl (C=O) groups is 15. The summed E-state index contributed by atoms with van der Waals surface area (Å²) in [5.74, 6) is -15.3. The number of unbranched alkanes of at least 4 members (excludes halogenated alkanes) is 17. The van der Waals surface area contributed by atoms with Crippen LogP contribution in [0.5, 0.6) is 5.75 Å². The van der Waals surface area contributed by atoms with Crippen molar-refractivity contribution >= 4 is 88.2 Å². The predicted molar refractivity (Wildman–Crippen MR) is 388 cm³/mol. The number of benzene rings is 1. The fourth-order valence-corrected chi connectivity index (χ4v) is 13.1. The second kappa shape index (κ2) is 54.8. The minimum absolute atomic E-state index is 0.00267. The van der Waals surface area contributed by atoms with Gasteiger partial charge in [-0.2, -0.15) is 0 Å². The van der Waals surface area contributed by atoms with Crippen molar-refractivity contribution in [1.29, 1.82) is 0 Å². The minimum atomic E-state index is -1.64. The quantitative estimate of drug-likeness (QED) is 0.0270. The van der Waals surface area contributed by atoms with Gasteiger partial charge in [0, 0.05) is 90.1 Å². The van der Waals surface area contributed by atoms with E-state index >= 15 is 0 Å². The third kappa shape index (κ3) is 43.5. The van der Waals surface area contributed by atoms with Crippen LogP contribution < -0.4 is 31.9 Å². The van der Waals surface area contributed by atoms with E-state index in [9.17, 15) is 97.5 Å². The maximum absolute atomic E-state index is 13.5. The van der Waals surface area contributed by atoms with Crippen molar-refractivity contribution in [3.05, 3.63) is 29.8 Å². The third-order valence-corrected chi connectivity index (χ3v) is 19.5. The summed E-state index contributed by atoms with van der Waals surface area (Å²) in [5, 5.41) is 74.7. The molecule has 1 aliphatic rings. The topological polar surface area (TPSA) is 450 Å². The molecule has 27 heteroatoms. The highest BCUT2D eigenvalue weighted by molar-refractivity contribution is 5.93. The smallest absolute Gasteiger partial charge is 0.326 e. The lowest BCUT2D eigenvalue weighted by Crippen LogP contribution is -2.50. The van der Waals surface area contributed by atoms with Crippen molar-refractivity contribution in [3.8, 4) is 5.75 Å². The van der Waals surface area contributed by atoms with Crippen LogP contribution in [0.3, 0.4) is 0 Å². The summed E-state index contributed by atoms with van der Waals surface area (Å²) in [6.45, 7) is 5.20. The average Bonchev–Trinajstić information content (AvgIpc) is 0.881. The largest absolute Gasteiger partial charge is 0.508 e. The molecular formula is C77H122N6O21. The van der Waals surface area contributed by atoms with Gasteiger partial charge in [-0.1, -0.05) is 129 Å². The molecule has 586 valence electrons. The molecule has 2 rings (SSSR count). The van der Waals surface area contributed by atoms with E-state index in [4.69, 9.17) is 5.11 Å². The molecule has 0 aromatic heterocycles. The number of ketones is 6. The summed E-state index contributed by atoms with van der Waals surface area (Å²) < 4.78 is 0. The second-order valence-corrected chi connectivity index (χ2v) is 28.3. The predicted octanol–water partition coefficient (Wildman–Crippen LogP) is 9.26. The Labute approximate surface area is 613 Å². The van der Waals surface area contributed by atoms with Crippen molar-refractivity contribution in [2.24, 2.45) is 29.6 Å². The molecular weight excluding hydrogens is 1340 g/mol. The Morgan fingerprint density at radius 1 is 0.423 bits per heavy atom. The van der Waals surface area contributed by atoms with Crippen LogP contribution in [-0.2, 0) is 78.3 Å². The van der Waals surface area contributed by atoms with E-state index in [1.807, 2.05) is 6.92 Å². The number of rotatable bonds is 65. The number of nitrogens with one attached hydrogen (secondary N) is 6. The lowest BCUT2D eigenvalue weighted by molar-refractivity contribution is -0.147. The molecule has 1 fully saturated rings. The molecule has 1 saturated carbocycles. The van der Waals surface area contributed by atoms with Crippen molar-refractivity contribution < 1.29 is 103 Å². The fourth-order valence-electron chi connectivity index (χ4n) is 13.1. The van der Waals surface area contributed by atoms with Crippen molar-refractivity contribution in [1.82, 2.24) is 31.9 Å². The van der Waals surface area contributed by atoms with Crippen molar-refractivity contribution in [2.75, 3.05) is 26.2 Å². The summed E-state index contributed by atoms with van der Waals surface area (Å²) in [7, 11) is 0. The van der Waals surface area contributed by atoms with Crippen LogP contribution in [-0.4, -0.2) is 169 Å². The van der Waals surface area contributed by atoms with Crippen LogP contribution in [0.25, 0.3) is 0 Å². The maximum atomic E-state index is 13.5. The Morgan fingerprint density at radius 2 is 0.894 bits per heavy atom. The molecule has 1 aromatic carbocycles. The third-order valence-electron chi connectivity index (χ3n) is 19.5. The fraction of sp³-hybridized carbons (Fsp3) is 0.727. The van der Waals surface area contributed by atoms with Crippen LogP contribution in [0.2, 0.25) is 0 Å². The van der Waals surface area contributed by atoms with E-state index in [1.54, 1.807) is 19.1 Å². The van der Waals surface area contributed by atoms with E-state index < -0.39 is 140 Å². The minimum Gasteiger partial charge on any atom is -0.508 e. The van der Waals surface area contributed by atoms with Crippen LogP contribution >= 0.6 is 0 Å². The first-order valence-electron chi connectivity index (χ1n) is 38.2. The van der Waals surface area contributed by atoms with Crippen LogP contribution in [0, 0.1) is 29.6 Å². The molecule has 1 aliphatic carbocycles. The van der Waals surface area contributed by atoms with Gasteiger partial charge in [-0.05, 0) is 114 Å². The summed E-state index contributed by atoms with van der Waals surface area (Å²) in [6.07, 6.45) is 19.8. The van der Waals surface area contributed by atoms with Gasteiger partial charge in [-0.15, -0.1) is 0 Å².